The Kier molecular flexibility index (Phi) is 6.94. The smallest absolute Gasteiger partial charge is 0.271 e. The second kappa shape index (κ2) is 10.3. The molecule has 1 amide bonds. The molecular weight excluding hydrogens is 500 g/mol. The monoisotopic (exact) mass is 530 g/mol. The van der Waals surface area contributed by atoms with Gasteiger partial charge in [-0.25, -0.2) is 4.99 Å². The minimum Gasteiger partial charge on any atom is -0.497 e. The lowest BCUT2D eigenvalue weighted by atomic mass is 9.93. The molecule has 1 aliphatic heterocycles. The van der Waals surface area contributed by atoms with Crippen LogP contribution in [-0.4, -0.2) is 47.7 Å². The molecule has 2 aromatic carbocycles. The van der Waals surface area contributed by atoms with Crippen LogP contribution in [0.5, 0.6) is 11.5 Å². The number of hydrogen-bond acceptors (Lipinski definition) is 6. The number of amides is 1. The normalized spacial score (nSPS) is 15.4. The first-order chi connectivity index (χ1) is 18.4. The van der Waals surface area contributed by atoms with Crippen LogP contribution in [0, 0.1) is 0 Å². The third-order valence-electron chi connectivity index (χ3n) is 6.94. The second-order valence-corrected chi connectivity index (χ2v) is 9.97. The predicted octanol–water partition coefficient (Wildman–Crippen LogP) is 3.60. The Bertz CT molecular complexity index is 1740. The zero-order valence-corrected chi connectivity index (χ0v) is 22.9. The van der Waals surface area contributed by atoms with Crippen molar-refractivity contribution in [2.75, 3.05) is 27.3 Å². The summed E-state index contributed by atoms with van der Waals surface area (Å²) in [5.41, 5.74) is 3.38. The number of H-pyrrole nitrogens is 1. The van der Waals surface area contributed by atoms with Crippen LogP contribution in [0.3, 0.4) is 0 Å². The number of para-hydroxylation sites is 1. The van der Waals surface area contributed by atoms with Gasteiger partial charge in [-0.1, -0.05) is 29.5 Å². The molecule has 38 heavy (non-hydrogen) atoms. The molecule has 0 bridgehead atoms. The Morgan fingerprint density at radius 2 is 1.92 bits per heavy atom. The highest BCUT2D eigenvalue weighted by Crippen LogP contribution is 2.38. The molecule has 3 heterocycles. The minimum atomic E-state index is -0.727. The fraction of sp³-hybridized carbons (Fsp3) is 0.276. The highest BCUT2D eigenvalue weighted by molar-refractivity contribution is 7.07. The topological polar surface area (TPSA) is 88.9 Å². The average molecular weight is 531 g/mol. The number of methoxy groups -OCH3 is 2. The van der Waals surface area contributed by atoms with Gasteiger partial charge in [0.2, 0.25) is 0 Å². The van der Waals surface area contributed by atoms with Crippen molar-refractivity contribution in [3.8, 4) is 11.5 Å². The lowest BCUT2D eigenvalue weighted by molar-refractivity contribution is -0.127. The van der Waals surface area contributed by atoms with Crippen LogP contribution in [-0.2, 0) is 4.79 Å². The van der Waals surface area contributed by atoms with E-state index in [1.165, 1.54) is 11.3 Å². The fourth-order valence-corrected chi connectivity index (χ4v) is 6.02. The van der Waals surface area contributed by atoms with Crippen molar-refractivity contribution in [1.29, 1.82) is 0 Å². The van der Waals surface area contributed by atoms with Gasteiger partial charge in [0.15, 0.2) is 4.80 Å². The number of rotatable bonds is 7. The van der Waals surface area contributed by atoms with Gasteiger partial charge in [0.25, 0.3) is 11.5 Å². The van der Waals surface area contributed by atoms with E-state index in [9.17, 15) is 9.59 Å². The summed E-state index contributed by atoms with van der Waals surface area (Å²) in [5, 5.41) is 1.03. The van der Waals surface area contributed by atoms with E-state index in [1.807, 2.05) is 63.4 Å². The first-order valence-electron chi connectivity index (χ1n) is 12.5. The Morgan fingerprint density at radius 1 is 1.16 bits per heavy atom. The number of hydrogen-bond donors (Lipinski definition) is 1. The van der Waals surface area contributed by atoms with Crippen molar-refractivity contribution in [1.82, 2.24) is 14.5 Å². The summed E-state index contributed by atoms with van der Waals surface area (Å²) in [6.07, 6.45) is 3.78. The van der Waals surface area contributed by atoms with Gasteiger partial charge >= 0.3 is 0 Å². The van der Waals surface area contributed by atoms with Crippen LogP contribution in [0.1, 0.15) is 37.9 Å². The van der Waals surface area contributed by atoms with Gasteiger partial charge in [-0.2, -0.15) is 0 Å². The summed E-state index contributed by atoms with van der Waals surface area (Å²) in [6, 6.07) is 12.6. The number of nitrogens with one attached hydrogen (secondary N) is 1. The fourth-order valence-electron chi connectivity index (χ4n) is 4.98. The molecule has 1 atom stereocenters. The number of aromatic nitrogens is 2. The number of aromatic amines is 1. The van der Waals surface area contributed by atoms with Crippen LogP contribution < -0.4 is 24.4 Å². The van der Waals surface area contributed by atoms with Gasteiger partial charge in [0.05, 0.1) is 30.0 Å². The molecule has 0 aliphatic carbocycles. The molecule has 1 N–H and O–H groups in total. The van der Waals surface area contributed by atoms with Crippen LogP contribution in [0.15, 0.2) is 69.7 Å². The van der Waals surface area contributed by atoms with Crippen molar-refractivity contribution in [2.45, 2.75) is 26.8 Å². The van der Waals surface area contributed by atoms with E-state index >= 15 is 0 Å². The maximum absolute atomic E-state index is 14.0. The quantitative estimate of drug-likeness (QED) is 0.396. The molecular formula is C29H30N4O4S. The number of likely N-dealkylation sites (N-methyl/N-ethyl adjacent to an activating group) is 1. The number of carbonyl (C=O) groups is 1. The van der Waals surface area contributed by atoms with Crippen LogP contribution in [0.4, 0.5) is 0 Å². The molecule has 9 heteroatoms. The number of benzene rings is 2. The predicted molar refractivity (Wildman–Crippen MR) is 150 cm³/mol. The molecule has 2 aromatic heterocycles. The Labute approximate surface area is 224 Å². The molecule has 1 aliphatic rings. The van der Waals surface area contributed by atoms with Gasteiger partial charge in [-0.05, 0) is 51.1 Å². The Balaban J connectivity index is 1.79. The molecule has 0 unspecified atom stereocenters. The summed E-state index contributed by atoms with van der Waals surface area (Å²) < 4.78 is 13.4. The lowest BCUT2D eigenvalue weighted by Gasteiger charge is -2.30. The van der Waals surface area contributed by atoms with E-state index in [0.29, 0.717) is 50.8 Å². The van der Waals surface area contributed by atoms with Crippen LogP contribution in [0.25, 0.3) is 17.0 Å². The first-order valence-corrected chi connectivity index (χ1v) is 13.3. The first kappa shape index (κ1) is 25.5. The van der Waals surface area contributed by atoms with Crippen molar-refractivity contribution >= 4 is 34.2 Å². The third kappa shape index (κ3) is 4.22. The summed E-state index contributed by atoms with van der Waals surface area (Å²) in [6.45, 7) is 6.79. The van der Waals surface area contributed by atoms with Gasteiger partial charge in [0.1, 0.15) is 17.5 Å². The van der Waals surface area contributed by atoms with Crippen molar-refractivity contribution < 1.29 is 14.3 Å². The number of thiazole rings is 1. The van der Waals surface area contributed by atoms with Crippen LogP contribution >= 0.6 is 11.3 Å². The minimum absolute atomic E-state index is 0.156. The zero-order chi connectivity index (χ0) is 27.0. The molecule has 0 saturated carbocycles. The molecule has 0 spiro atoms. The number of fused-ring (bicyclic) bond motifs is 2. The van der Waals surface area contributed by atoms with Crippen molar-refractivity contribution in [3.05, 3.63) is 90.7 Å². The largest absolute Gasteiger partial charge is 0.497 e. The number of carbonyl (C=O) groups excluding carboxylic acids is 1. The molecule has 0 fully saturated rings. The van der Waals surface area contributed by atoms with E-state index in [-0.39, 0.29) is 11.5 Å². The SMILES string of the molecule is CCN(CC)C(=O)C1=C(C)N=c2s/c(=C/c3c[nH]c4ccccc34)c(=O)n2[C@@H]1c1cc(OC)ccc1OC. The van der Waals surface area contributed by atoms with Crippen molar-refractivity contribution in [3.63, 3.8) is 0 Å². The van der Waals surface area contributed by atoms with Gasteiger partial charge < -0.3 is 19.4 Å². The van der Waals surface area contributed by atoms with Crippen LogP contribution in [0.2, 0.25) is 0 Å². The third-order valence-corrected chi connectivity index (χ3v) is 7.92. The summed E-state index contributed by atoms with van der Waals surface area (Å²) >= 11 is 1.31. The molecule has 5 rings (SSSR count). The maximum Gasteiger partial charge on any atom is 0.271 e. The zero-order valence-electron chi connectivity index (χ0n) is 22.1. The molecule has 0 saturated heterocycles. The molecule has 8 nitrogen and oxygen atoms in total. The second-order valence-electron chi connectivity index (χ2n) is 8.96. The average Bonchev–Trinajstić information content (AvgIpc) is 3.48. The summed E-state index contributed by atoms with van der Waals surface area (Å²) in [7, 11) is 3.16. The Morgan fingerprint density at radius 3 is 2.63 bits per heavy atom. The van der Waals surface area contributed by atoms with Crippen molar-refractivity contribution in [2.24, 2.45) is 4.99 Å². The van der Waals surface area contributed by atoms with E-state index in [4.69, 9.17) is 14.5 Å². The number of allylic oxidation sites excluding steroid dienone is 1. The number of ether oxygens (including phenoxy) is 2. The number of nitrogens with zero attached hydrogens (tertiary/aromatic N) is 3. The Hall–Kier alpha value is -4.11. The molecule has 196 valence electrons. The van der Waals surface area contributed by atoms with Gasteiger partial charge in [-0.15, -0.1) is 0 Å². The maximum atomic E-state index is 14.0. The summed E-state index contributed by atoms with van der Waals surface area (Å²) in [5.74, 6) is 1.00. The van der Waals surface area contributed by atoms with E-state index in [1.54, 1.807) is 35.8 Å². The highest BCUT2D eigenvalue weighted by atomic mass is 32.1. The van der Waals surface area contributed by atoms with E-state index in [0.717, 1.165) is 16.5 Å². The van der Waals surface area contributed by atoms with E-state index in [2.05, 4.69) is 4.98 Å². The lowest BCUT2D eigenvalue weighted by Crippen LogP contribution is -2.43. The molecule has 0 radical (unpaired) electrons. The summed E-state index contributed by atoms with van der Waals surface area (Å²) in [4.78, 5) is 38.2. The van der Waals surface area contributed by atoms with Gasteiger partial charge in [-0.3, -0.25) is 14.2 Å². The molecule has 4 aromatic rings. The van der Waals surface area contributed by atoms with E-state index < -0.39 is 6.04 Å². The standard InChI is InChI=1S/C29H30N4O4S/c1-6-32(7-2)28(35)25-17(3)31-29-33(26(25)21-15-19(36-4)12-13-23(21)37-5)27(34)24(38-29)14-18-16-30-22-11-9-8-10-20(18)22/h8-16,26,30H,6-7H2,1-5H3/b24-14+/t26-/m1/s1. The van der Waals surface area contributed by atoms with Gasteiger partial charge in [0, 0.05) is 41.3 Å². The highest BCUT2D eigenvalue weighted by Gasteiger charge is 2.36.